The summed E-state index contributed by atoms with van der Waals surface area (Å²) in [5.74, 6) is 1.99. The molecule has 0 aromatic heterocycles. The van der Waals surface area contributed by atoms with Gasteiger partial charge in [-0.25, -0.2) is 4.79 Å². The van der Waals surface area contributed by atoms with Crippen LogP contribution in [-0.2, 0) is 5.41 Å². The predicted molar refractivity (Wildman–Crippen MR) is 120 cm³/mol. The smallest absolute Gasteiger partial charge is 0.319 e. The summed E-state index contributed by atoms with van der Waals surface area (Å²) >= 11 is 3.57. The van der Waals surface area contributed by atoms with Crippen molar-refractivity contribution in [2.24, 2.45) is 0 Å². The van der Waals surface area contributed by atoms with Gasteiger partial charge in [-0.2, -0.15) is 0 Å². The summed E-state index contributed by atoms with van der Waals surface area (Å²) in [7, 11) is 3.12. The van der Waals surface area contributed by atoms with Crippen LogP contribution in [0.1, 0.15) is 32.8 Å². The van der Waals surface area contributed by atoms with Crippen LogP contribution in [0.25, 0.3) is 0 Å². The van der Waals surface area contributed by atoms with E-state index in [1.807, 2.05) is 6.07 Å². The molecule has 2 aromatic rings. The Bertz CT molecular complexity index is 834. The van der Waals surface area contributed by atoms with Crippen molar-refractivity contribution in [3.05, 3.63) is 46.4 Å². The third kappa shape index (κ3) is 6.85. The molecule has 0 saturated heterocycles. The molecule has 158 valence electrons. The molecule has 6 nitrogen and oxygen atoms in total. The SMILES string of the molecule is COc1ccc(NC(=O)NCCCOc2ccc(C(C)(C)C)cc2Br)c(OC)c1. The molecule has 0 atom stereocenters. The maximum Gasteiger partial charge on any atom is 0.319 e. The lowest BCUT2D eigenvalue weighted by molar-refractivity contribution is 0.250. The zero-order valence-electron chi connectivity index (χ0n) is 17.6. The summed E-state index contributed by atoms with van der Waals surface area (Å²) < 4.78 is 17.2. The van der Waals surface area contributed by atoms with Gasteiger partial charge in [0.1, 0.15) is 17.2 Å². The number of hydrogen-bond acceptors (Lipinski definition) is 4. The van der Waals surface area contributed by atoms with Crippen molar-refractivity contribution in [2.75, 3.05) is 32.7 Å². The maximum absolute atomic E-state index is 12.1. The quantitative estimate of drug-likeness (QED) is 0.516. The molecule has 0 bridgehead atoms. The van der Waals surface area contributed by atoms with Crippen LogP contribution in [0.5, 0.6) is 17.2 Å². The fourth-order valence-electron chi connectivity index (χ4n) is 2.61. The fraction of sp³-hybridized carbons (Fsp3) is 0.409. The van der Waals surface area contributed by atoms with E-state index in [0.29, 0.717) is 36.8 Å². The normalized spacial score (nSPS) is 11.0. The predicted octanol–water partition coefficient (Wildman–Crippen LogP) is 5.35. The van der Waals surface area contributed by atoms with E-state index in [9.17, 15) is 4.79 Å². The van der Waals surface area contributed by atoms with Crippen molar-refractivity contribution in [2.45, 2.75) is 32.6 Å². The zero-order chi connectivity index (χ0) is 21.4. The molecule has 2 N–H and O–H groups in total. The number of methoxy groups -OCH3 is 2. The van der Waals surface area contributed by atoms with Gasteiger partial charge in [-0.15, -0.1) is 0 Å². The van der Waals surface area contributed by atoms with Gasteiger partial charge in [0.25, 0.3) is 0 Å². The van der Waals surface area contributed by atoms with Gasteiger partial charge in [0.05, 0.1) is 31.0 Å². The minimum atomic E-state index is -0.302. The van der Waals surface area contributed by atoms with Crippen molar-refractivity contribution < 1.29 is 19.0 Å². The lowest BCUT2D eigenvalue weighted by Gasteiger charge is -2.20. The maximum atomic E-state index is 12.1. The average Bonchev–Trinajstić information content (AvgIpc) is 2.68. The number of nitrogens with one attached hydrogen (secondary N) is 2. The fourth-order valence-corrected chi connectivity index (χ4v) is 3.10. The Balaban J connectivity index is 1.76. The molecule has 7 heteroatoms. The van der Waals surface area contributed by atoms with Gasteiger partial charge < -0.3 is 24.8 Å². The van der Waals surface area contributed by atoms with Gasteiger partial charge in [0, 0.05) is 12.6 Å². The molecule has 0 aliphatic heterocycles. The highest BCUT2D eigenvalue weighted by atomic mass is 79.9. The highest BCUT2D eigenvalue weighted by Crippen LogP contribution is 2.31. The highest BCUT2D eigenvalue weighted by molar-refractivity contribution is 9.10. The molecular formula is C22H29BrN2O4. The van der Waals surface area contributed by atoms with E-state index in [1.165, 1.54) is 5.56 Å². The van der Waals surface area contributed by atoms with Crippen LogP contribution in [0, 0.1) is 0 Å². The second-order valence-corrected chi connectivity index (χ2v) is 8.40. The summed E-state index contributed by atoms with van der Waals surface area (Å²) in [6.45, 7) is 7.51. The summed E-state index contributed by atoms with van der Waals surface area (Å²) in [5, 5.41) is 5.58. The number of rotatable bonds is 8. The standard InChI is InChI=1S/C22H29BrN2O4/c1-22(2,3)15-7-10-19(17(23)13-15)29-12-6-11-24-21(26)25-18-9-8-16(27-4)14-20(18)28-5/h7-10,13-14H,6,11-12H2,1-5H3,(H2,24,25,26). The van der Waals surface area contributed by atoms with Crippen LogP contribution < -0.4 is 24.8 Å². The van der Waals surface area contributed by atoms with Crippen LogP contribution in [0.15, 0.2) is 40.9 Å². The van der Waals surface area contributed by atoms with E-state index in [-0.39, 0.29) is 11.4 Å². The van der Waals surface area contributed by atoms with Gasteiger partial charge in [-0.05, 0) is 57.6 Å². The Morgan fingerprint density at radius 3 is 2.41 bits per heavy atom. The number of benzene rings is 2. The molecule has 0 unspecified atom stereocenters. The molecule has 0 heterocycles. The first-order valence-corrected chi connectivity index (χ1v) is 10.2. The molecule has 0 spiro atoms. The first kappa shape index (κ1) is 22.9. The minimum absolute atomic E-state index is 0.0882. The van der Waals surface area contributed by atoms with Gasteiger partial charge in [-0.3, -0.25) is 0 Å². The van der Waals surface area contributed by atoms with E-state index in [1.54, 1.807) is 32.4 Å². The summed E-state index contributed by atoms with van der Waals surface area (Å²) in [6, 6.07) is 11.0. The van der Waals surface area contributed by atoms with Gasteiger partial charge in [0.15, 0.2) is 0 Å². The number of carbonyl (C=O) groups excluding carboxylic acids is 1. The highest BCUT2D eigenvalue weighted by Gasteiger charge is 2.15. The van der Waals surface area contributed by atoms with Crippen LogP contribution in [0.2, 0.25) is 0 Å². The first-order valence-electron chi connectivity index (χ1n) is 9.44. The third-order valence-electron chi connectivity index (χ3n) is 4.32. The summed E-state index contributed by atoms with van der Waals surface area (Å²) in [6.07, 6.45) is 0.681. The number of amides is 2. The van der Waals surface area contributed by atoms with Gasteiger partial charge in [-0.1, -0.05) is 26.8 Å². The molecular weight excluding hydrogens is 436 g/mol. The topological polar surface area (TPSA) is 68.8 Å². The number of hydrogen-bond donors (Lipinski definition) is 2. The Kier molecular flexibility index (Phi) is 8.20. The van der Waals surface area contributed by atoms with E-state index in [0.717, 1.165) is 10.2 Å². The molecule has 2 aromatic carbocycles. The Morgan fingerprint density at radius 1 is 1.03 bits per heavy atom. The van der Waals surface area contributed by atoms with E-state index in [4.69, 9.17) is 14.2 Å². The number of halogens is 1. The van der Waals surface area contributed by atoms with Crippen molar-refractivity contribution in [1.29, 1.82) is 0 Å². The molecule has 29 heavy (non-hydrogen) atoms. The summed E-state index contributed by atoms with van der Waals surface area (Å²) in [5.41, 5.74) is 1.90. The van der Waals surface area contributed by atoms with Crippen LogP contribution >= 0.6 is 15.9 Å². The lowest BCUT2D eigenvalue weighted by atomic mass is 9.87. The minimum Gasteiger partial charge on any atom is -0.497 e. The average molecular weight is 465 g/mol. The van der Waals surface area contributed by atoms with Crippen molar-refractivity contribution in [3.8, 4) is 17.2 Å². The first-order chi connectivity index (χ1) is 13.7. The van der Waals surface area contributed by atoms with Crippen LogP contribution in [-0.4, -0.2) is 33.4 Å². The van der Waals surface area contributed by atoms with Crippen molar-refractivity contribution >= 4 is 27.6 Å². The lowest BCUT2D eigenvalue weighted by Crippen LogP contribution is -2.30. The van der Waals surface area contributed by atoms with E-state index in [2.05, 4.69) is 59.5 Å². The monoisotopic (exact) mass is 464 g/mol. The molecule has 0 fully saturated rings. The Hall–Kier alpha value is -2.41. The van der Waals surface area contributed by atoms with Crippen molar-refractivity contribution in [3.63, 3.8) is 0 Å². The largest absolute Gasteiger partial charge is 0.497 e. The molecule has 0 saturated carbocycles. The molecule has 0 radical (unpaired) electrons. The third-order valence-corrected chi connectivity index (χ3v) is 4.94. The van der Waals surface area contributed by atoms with E-state index >= 15 is 0 Å². The molecule has 0 aliphatic carbocycles. The number of anilines is 1. The number of carbonyl (C=O) groups is 1. The van der Waals surface area contributed by atoms with Gasteiger partial charge in [0.2, 0.25) is 0 Å². The molecule has 2 rings (SSSR count). The number of ether oxygens (including phenoxy) is 3. The Labute approximate surface area is 181 Å². The van der Waals surface area contributed by atoms with E-state index < -0.39 is 0 Å². The Morgan fingerprint density at radius 2 is 1.79 bits per heavy atom. The molecule has 2 amide bonds. The van der Waals surface area contributed by atoms with Crippen LogP contribution in [0.4, 0.5) is 10.5 Å². The van der Waals surface area contributed by atoms with Crippen molar-refractivity contribution in [1.82, 2.24) is 5.32 Å². The van der Waals surface area contributed by atoms with Crippen LogP contribution in [0.3, 0.4) is 0 Å². The summed E-state index contributed by atoms with van der Waals surface area (Å²) in [4.78, 5) is 12.1. The second-order valence-electron chi connectivity index (χ2n) is 7.54. The molecule has 0 aliphatic rings. The van der Waals surface area contributed by atoms with Gasteiger partial charge >= 0.3 is 6.03 Å². The number of urea groups is 1. The zero-order valence-corrected chi connectivity index (χ0v) is 19.2. The second kappa shape index (κ2) is 10.4.